The van der Waals surface area contributed by atoms with Crippen molar-refractivity contribution in [2.45, 2.75) is 33.2 Å². The lowest BCUT2D eigenvalue weighted by Crippen LogP contribution is -2.21. The van der Waals surface area contributed by atoms with Crippen LogP contribution in [0.1, 0.15) is 32.3 Å². The summed E-state index contributed by atoms with van der Waals surface area (Å²) in [5, 5.41) is 0. The summed E-state index contributed by atoms with van der Waals surface area (Å²) in [7, 11) is 0. The van der Waals surface area contributed by atoms with Gasteiger partial charge in [0, 0.05) is 16.7 Å². The molecule has 0 atom stereocenters. The van der Waals surface area contributed by atoms with Crippen molar-refractivity contribution < 1.29 is 9.47 Å². The lowest BCUT2D eigenvalue weighted by Gasteiger charge is -2.18. The van der Waals surface area contributed by atoms with E-state index in [9.17, 15) is 0 Å². The summed E-state index contributed by atoms with van der Waals surface area (Å²) in [6.45, 7) is 6.01. The zero-order valence-electron chi connectivity index (χ0n) is 14.6. The van der Waals surface area contributed by atoms with Gasteiger partial charge in [0.15, 0.2) is 11.5 Å². The van der Waals surface area contributed by atoms with Gasteiger partial charge in [-0.1, -0.05) is 31.5 Å². The summed E-state index contributed by atoms with van der Waals surface area (Å²) in [6.07, 6.45) is 2.11. The second kappa shape index (κ2) is 10.7. The molecular weight excluding hydrogens is 448 g/mol. The predicted octanol–water partition coefficient (Wildman–Crippen LogP) is 5.91. The number of hydrogen-bond acceptors (Lipinski definition) is 4. The Bertz CT molecular complexity index is 666. The zero-order valence-corrected chi connectivity index (χ0v) is 17.7. The monoisotopic (exact) mass is 470 g/mol. The molecule has 2 aromatic rings. The zero-order chi connectivity index (χ0) is 18.1. The van der Waals surface area contributed by atoms with Gasteiger partial charge in [-0.05, 0) is 69.0 Å². The second-order valence-electron chi connectivity index (χ2n) is 5.47. The Morgan fingerprint density at radius 2 is 1.76 bits per heavy atom. The van der Waals surface area contributed by atoms with Gasteiger partial charge in [-0.25, -0.2) is 5.43 Å². The highest BCUT2D eigenvalue weighted by Crippen LogP contribution is 2.43. The van der Waals surface area contributed by atoms with E-state index in [0.717, 1.165) is 44.5 Å². The maximum absolute atomic E-state index is 5.93. The summed E-state index contributed by atoms with van der Waals surface area (Å²) in [4.78, 5) is 0. The third-order valence-corrected chi connectivity index (χ3v) is 5.73. The highest BCUT2D eigenvalue weighted by atomic mass is 79.9. The average molecular weight is 472 g/mol. The third kappa shape index (κ3) is 5.90. The first-order chi connectivity index (χ1) is 12.2. The van der Waals surface area contributed by atoms with Gasteiger partial charge in [0.2, 0.25) is 0 Å². The van der Waals surface area contributed by atoms with Crippen LogP contribution in [0.3, 0.4) is 0 Å². The van der Waals surface area contributed by atoms with Crippen molar-refractivity contribution >= 4 is 37.5 Å². The lowest BCUT2D eigenvalue weighted by atomic mass is 10.2. The van der Waals surface area contributed by atoms with Crippen LogP contribution in [0.2, 0.25) is 0 Å². The van der Waals surface area contributed by atoms with Crippen LogP contribution in [0.25, 0.3) is 0 Å². The molecule has 0 fully saturated rings. The van der Waals surface area contributed by atoms with Crippen LogP contribution >= 0.6 is 31.9 Å². The number of para-hydroxylation sites is 1. The third-order valence-electron chi connectivity index (χ3n) is 3.53. The highest BCUT2D eigenvalue weighted by Gasteiger charge is 2.17. The minimum absolute atomic E-state index is 0.591. The SMILES string of the molecule is CCCCOc1c(OCC)cc(CNNc2ccccc2)c(Br)c1Br. The molecule has 2 aromatic carbocycles. The number of halogens is 2. The van der Waals surface area contributed by atoms with Crippen LogP contribution in [0.5, 0.6) is 11.5 Å². The largest absolute Gasteiger partial charge is 0.490 e. The maximum atomic E-state index is 5.93. The first-order valence-corrected chi connectivity index (χ1v) is 10.1. The average Bonchev–Trinajstić information content (AvgIpc) is 2.63. The normalized spacial score (nSPS) is 10.6. The van der Waals surface area contributed by atoms with Gasteiger partial charge < -0.3 is 14.9 Å². The van der Waals surface area contributed by atoms with Gasteiger partial charge in [-0.2, -0.15) is 0 Å². The lowest BCUT2D eigenvalue weighted by molar-refractivity contribution is 0.270. The molecule has 2 rings (SSSR count). The molecule has 0 bridgehead atoms. The van der Waals surface area contributed by atoms with Crippen LogP contribution in [0.15, 0.2) is 45.3 Å². The van der Waals surface area contributed by atoms with E-state index >= 15 is 0 Å². The van der Waals surface area contributed by atoms with Crippen LogP contribution in [0, 0.1) is 0 Å². The number of hydrogen-bond donors (Lipinski definition) is 2. The van der Waals surface area contributed by atoms with Crippen LogP contribution in [-0.2, 0) is 6.54 Å². The molecule has 0 aliphatic rings. The Labute approximate surface area is 166 Å². The molecule has 0 saturated heterocycles. The standard InChI is InChI=1S/C19H24Br2N2O2/c1-3-5-11-25-19-16(24-4-2)12-14(17(20)18(19)21)13-22-23-15-9-7-6-8-10-15/h6-10,12,22-23H,3-5,11,13H2,1-2H3. The molecule has 0 unspecified atom stereocenters. The molecule has 0 aliphatic carbocycles. The van der Waals surface area contributed by atoms with E-state index in [1.54, 1.807) is 0 Å². The molecule has 0 aliphatic heterocycles. The Morgan fingerprint density at radius 3 is 2.44 bits per heavy atom. The minimum atomic E-state index is 0.591. The van der Waals surface area contributed by atoms with E-state index in [-0.39, 0.29) is 0 Å². The van der Waals surface area contributed by atoms with Crippen molar-refractivity contribution in [1.29, 1.82) is 0 Å². The molecule has 0 heterocycles. The van der Waals surface area contributed by atoms with Crippen molar-refractivity contribution in [1.82, 2.24) is 5.43 Å². The molecule has 25 heavy (non-hydrogen) atoms. The van der Waals surface area contributed by atoms with E-state index in [2.05, 4.69) is 49.6 Å². The Kier molecular flexibility index (Phi) is 8.58. The maximum Gasteiger partial charge on any atom is 0.176 e. The van der Waals surface area contributed by atoms with Crippen molar-refractivity contribution in [2.24, 2.45) is 0 Å². The van der Waals surface area contributed by atoms with E-state index in [0.29, 0.717) is 19.8 Å². The quantitative estimate of drug-likeness (QED) is 0.334. The smallest absolute Gasteiger partial charge is 0.176 e. The van der Waals surface area contributed by atoms with E-state index in [4.69, 9.17) is 9.47 Å². The number of nitrogens with one attached hydrogen (secondary N) is 2. The molecular formula is C19H24Br2N2O2. The van der Waals surface area contributed by atoms with Gasteiger partial charge in [0.1, 0.15) is 0 Å². The number of unbranched alkanes of at least 4 members (excludes halogenated alkanes) is 1. The molecule has 136 valence electrons. The van der Waals surface area contributed by atoms with E-state index < -0.39 is 0 Å². The van der Waals surface area contributed by atoms with E-state index in [1.165, 1.54) is 0 Å². The van der Waals surface area contributed by atoms with Crippen LogP contribution < -0.4 is 20.3 Å². The van der Waals surface area contributed by atoms with Gasteiger partial charge in [-0.3, -0.25) is 0 Å². The molecule has 0 radical (unpaired) electrons. The molecule has 0 spiro atoms. The Hall–Kier alpha value is -1.24. The summed E-state index contributed by atoms with van der Waals surface area (Å²) in [5.41, 5.74) is 8.51. The minimum Gasteiger partial charge on any atom is -0.490 e. The fourth-order valence-electron chi connectivity index (χ4n) is 2.24. The predicted molar refractivity (Wildman–Crippen MR) is 110 cm³/mol. The van der Waals surface area contributed by atoms with E-state index in [1.807, 2.05) is 43.3 Å². The summed E-state index contributed by atoms with van der Waals surface area (Å²) in [6, 6.07) is 12.0. The first kappa shape index (κ1) is 20.1. The van der Waals surface area contributed by atoms with Crippen molar-refractivity contribution in [2.75, 3.05) is 18.6 Å². The number of benzene rings is 2. The summed E-state index contributed by atoms with van der Waals surface area (Å²) in [5.74, 6) is 1.51. The van der Waals surface area contributed by atoms with Gasteiger partial charge in [0.25, 0.3) is 0 Å². The number of hydrazine groups is 1. The van der Waals surface area contributed by atoms with Crippen LogP contribution in [-0.4, -0.2) is 13.2 Å². The molecule has 0 amide bonds. The Balaban J connectivity index is 2.11. The fraction of sp³-hybridized carbons (Fsp3) is 0.368. The molecule has 4 nitrogen and oxygen atoms in total. The van der Waals surface area contributed by atoms with Crippen molar-refractivity contribution in [3.05, 3.63) is 50.9 Å². The molecule has 6 heteroatoms. The number of rotatable bonds is 10. The molecule has 0 aromatic heterocycles. The topological polar surface area (TPSA) is 42.5 Å². The number of ether oxygens (including phenoxy) is 2. The second-order valence-corrected chi connectivity index (χ2v) is 7.06. The Morgan fingerprint density at radius 1 is 1.00 bits per heavy atom. The molecule has 2 N–H and O–H groups in total. The van der Waals surface area contributed by atoms with Gasteiger partial charge in [0.05, 0.1) is 17.7 Å². The fourth-order valence-corrected chi connectivity index (χ4v) is 3.24. The summed E-state index contributed by atoms with van der Waals surface area (Å²) < 4.78 is 13.6. The van der Waals surface area contributed by atoms with Crippen molar-refractivity contribution in [3.8, 4) is 11.5 Å². The van der Waals surface area contributed by atoms with Crippen molar-refractivity contribution in [3.63, 3.8) is 0 Å². The van der Waals surface area contributed by atoms with Gasteiger partial charge in [-0.15, -0.1) is 0 Å². The summed E-state index contributed by atoms with van der Waals surface area (Å²) >= 11 is 7.30. The van der Waals surface area contributed by atoms with Gasteiger partial charge >= 0.3 is 0 Å². The highest BCUT2D eigenvalue weighted by molar-refractivity contribution is 9.13. The first-order valence-electron chi connectivity index (χ1n) is 8.47. The van der Waals surface area contributed by atoms with Crippen LogP contribution in [0.4, 0.5) is 5.69 Å². The number of anilines is 1. The molecule has 0 saturated carbocycles.